The SMILES string of the molecule is CCOC(=O)c1cnc2ccc(Cl)cc2c1Nc1ccc(NC(=O)C(C)C)cc1C(F)(F)F. The van der Waals surface area contributed by atoms with Crippen molar-refractivity contribution < 1.29 is 27.5 Å². The van der Waals surface area contributed by atoms with Crippen LogP contribution in [0.5, 0.6) is 0 Å². The molecule has 0 fully saturated rings. The van der Waals surface area contributed by atoms with Gasteiger partial charge in [0.1, 0.15) is 5.56 Å². The van der Waals surface area contributed by atoms with E-state index in [0.29, 0.717) is 15.9 Å². The smallest absolute Gasteiger partial charge is 0.418 e. The van der Waals surface area contributed by atoms with Gasteiger partial charge in [-0.1, -0.05) is 25.4 Å². The number of pyridine rings is 1. The second-order valence-electron chi connectivity index (χ2n) is 7.46. The Bertz CT molecular complexity index is 1210. The van der Waals surface area contributed by atoms with E-state index in [2.05, 4.69) is 15.6 Å². The summed E-state index contributed by atoms with van der Waals surface area (Å²) in [5.41, 5.74) is -0.889. The summed E-state index contributed by atoms with van der Waals surface area (Å²) in [5, 5.41) is 5.85. The highest BCUT2D eigenvalue weighted by Gasteiger charge is 2.34. The van der Waals surface area contributed by atoms with Gasteiger partial charge in [-0.15, -0.1) is 0 Å². The van der Waals surface area contributed by atoms with Gasteiger partial charge in [-0.2, -0.15) is 13.2 Å². The molecule has 0 aliphatic heterocycles. The van der Waals surface area contributed by atoms with E-state index in [9.17, 15) is 22.8 Å². The molecule has 1 amide bonds. The molecule has 0 atom stereocenters. The minimum atomic E-state index is -4.74. The van der Waals surface area contributed by atoms with Gasteiger partial charge in [-0.05, 0) is 43.3 Å². The first-order valence-corrected chi connectivity index (χ1v) is 10.4. The average Bonchev–Trinajstić information content (AvgIpc) is 2.74. The van der Waals surface area contributed by atoms with Crippen LogP contribution in [-0.4, -0.2) is 23.5 Å². The molecule has 0 saturated heterocycles. The highest BCUT2D eigenvalue weighted by molar-refractivity contribution is 6.31. The molecule has 0 unspecified atom stereocenters. The Labute approximate surface area is 193 Å². The molecule has 1 heterocycles. The number of rotatable bonds is 6. The number of esters is 1. The Morgan fingerprint density at radius 3 is 2.52 bits per heavy atom. The van der Waals surface area contributed by atoms with Gasteiger partial charge in [-0.3, -0.25) is 9.78 Å². The normalized spacial score (nSPS) is 11.5. The van der Waals surface area contributed by atoms with Gasteiger partial charge >= 0.3 is 12.1 Å². The van der Waals surface area contributed by atoms with Crippen molar-refractivity contribution in [1.82, 2.24) is 4.98 Å². The average molecular weight is 480 g/mol. The lowest BCUT2D eigenvalue weighted by Crippen LogP contribution is -2.18. The number of benzene rings is 2. The summed E-state index contributed by atoms with van der Waals surface area (Å²) in [7, 11) is 0. The molecule has 10 heteroatoms. The molecule has 6 nitrogen and oxygen atoms in total. The molecule has 0 aliphatic carbocycles. The van der Waals surface area contributed by atoms with E-state index in [4.69, 9.17) is 16.3 Å². The third kappa shape index (κ3) is 5.54. The maximum Gasteiger partial charge on any atom is 0.418 e. The van der Waals surface area contributed by atoms with Gasteiger partial charge in [0.25, 0.3) is 0 Å². The zero-order chi connectivity index (χ0) is 24.3. The lowest BCUT2D eigenvalue weighted by Gasteiger charge is -2.19. The van der Waals surface area contributed by atoms with Crippen molar-refractivity contribution in [2.75, 3.05) is 17.2 Å². The van der Waals surface area contributed by atoms with Crippen molar-refractivity contribution in [2.45, 2.75) is 26.9 Å². The van der Waals surface area contributed by atoms with Crippen LogP contribution in [0.2, 0.25) is 5.02 Å². The largest absolute Gasteiger partial charge is 0.462 e. The van der Waals surface area contributed by atoms with Gasteiger partial charge < -0.3 is 15.4 Å². The van der Waals surface area contributed by atoms with Crippen LogP contribution in [0.4, 0.5) is 30.2 Å². The fraction of sp³-hybridized carbons (Fsp3) is 0.261. The second-order valence-corrected chi connectivity index (χ2v) is 7.89. The number of hydrogen-bond acceptors (Lipinski definition) is 5. The maximum absolute atomic E-state index is 13.9. The monoisotopic (exact) mass is 479 g/mol. The van der Waals surface area contributed by atoms with E-state index in [1.54, 1.807) is 32.9 Å². The Hall–Kier alpha value is -3.33. The summed E-state index contributed by atoms with van der Waals surface area (Å²) < 4.78 is 46.8. The number of nitrogens with zero attached hydrogens (tertiary/aromatic N) is 1. The van der Waals surface area contributed by atoms with Crippen LogP contribution < -0.4 is 10.6 Å². The number of carbonyl (C=O) groups excluding carboxylic acids is 2. The van der Waals surface area contributed by atoms with Crippen LogP contribution >= 0.6 is 11.6 Å². The summed E-state index contributed by atoms with van der Waals surface area (Å²) in [6.07, 6.45) is -3.51. The lowest BCUT2D eigenvalue weighted by molar-refractivity contribution is -0.137. The number of nitrogens with one attached hydrogen (secondary N) is 2. The lowest BCUT2D eigenvalue weighted by atomic mass is 10.1. The minimum absolute atomic E-state index is 0.000165. The predicted octanol–water partition coefficient (Wildman–Crippen LogP) is 6.42. The minimum Gasteiger partial charge on any atom is -0.462 e. The first-order valence-electron chi connectivity index (χ1n) is 10.1. The molecule has 33 heavy (non-hydrogen) atoms. The number of alkyl halides is 3. The number of hydrogen-bond donors (Lipinski definition) is 2. The van der Waals surface area contributed by atoms with Crippen LogP contribution in [0.15, 0.2) is 42.6 Å². The van der Waals surface area contributed by atoms with E-state index in [0.717, 1.165) is 6.07 Å². The van der Waals surface area contributed by atoms with E-state index < -0.39 is 29.5 Å². The summed E-state index contributed by atoms with van der Waals surface area (Å²) in [5.74, 6) is -1.57. The third-order valence-electron chi connectivity index (χ3n) is 4.70. The van der Waals surface area contributed by atoms with Crippen molar-refractivity contribution in [1.29, 1.82) is 0 Å². The highest BCUT2D eigenvalue weighted by atomic mass is 35.5. The molecule has 3 aromatic rings. The maximum atomic E-state index is 13.9. The van der Waals surface area contributed by atoms with Gasteiger partial charge in [0.15, 0.2) is 0 Å². The molecule has 2 N–H and O–H groups in total. The summed E-state index contributed by atoms with van der Waals surface area (Å²) in [6, 6.07) is 8.04. The Balaban J connectivity index is 2.16. The van der Waals surface area contributed by atoms with E-state index in [1.165, 1.54) is 24.4 Å². The topological polar surface area (TPSA) is 80.3 Å². The zero-order valence-corrected chi connectivity index (χ0v) is 18.8. The van der Waals surface area contributed by atoms with Crippen LogP contribution in [0.1, 0.15) is 36.7 Å². The number of aromatic nitrogens is 1. The van der Waals surface area contributed by atoms with E-state index in [1.807, 2.05) is 0 Å². The van der Waals surface area contributed by atoms with Crippen molar-refractivity contribution in [3.05, 3.63) is 58.7 Å². The number of anilines is 3. The standard InChI is InChI=1S/C23H21ClF3N3O3/c1-4-33-22(32)16-11-28-18-7-5-13(24)9-15(18)20(16)30-19-8-6-14(29-21(31)12(2)3)10-17(19)23(25,26)27/h5-12H,4H2,1-3H3,(H,28,30)(H,29,31). The van der Waals surface area contributed by atoms with Gasteiger partial charge in [0.05, 0.1) is 29.1 Å². The zero-order valence-electron chi connectivity index (χ0n) is 18.0. The molecule has 3 rings (SSSR count). The molecule has 0 spiro atoms. The first-order chi connectivity index (χ1) is 15.5. The van der Waals surface area contributed by atoms with Gasteiger partial charge in [0, 0.05) is 28.2 Å². The summed E-state index contributed by atoms with van der Waals surface area (Å²) >= 11 is 6.09. The number of ether oxygens (including phenoxy) is 1. The molecular formula is C23H21ClF3N3O3. The van der Waals surface area contributed by atoms with Crippen LogP contribution in [0.25, 0.3) is 10.9 Å². The third-order valence-corrected chi connectivity index (χ3v) is 4.94. The predicted molar refractivity (Wildman–Crippen MR) is 121 cm³/mol. The molecule has 2 aromatic carbocycles. The molecule has 0 radical (unpaired) electrons. The quantitative estimate of drug-likeness (QED) is 0.399. The Morgan fingerprint density at radius 1 is 1.15 bits per heavy atom. The first kappa shape index (κ1) is 24.3. The Morgan fingerprint density at radius 2 is 1.88 bits per heavy atom. The highest BCUT2D eigenvalue weighted by Crippen LogP contribution is 2.40. The molecule has 0 aliphatic rings. The Kier molecular flexibility index (Phi) is 7.12. The van der Waals surface area contributed by atoms with Crippen molar-refractivity contribution in [2.24, 2.45) is 5.92 Å². The van der Waals surface area contributed by atoms with Crippen LogP contribution in [-0.2, 0) is 15.7 Å². The van der Waals surface area contributed by atoms with Crippen molar-refractivity contribution in [3.63, 3.8) is 0 Å². The van der Waals surface area contributed by atoms with Crippen LogP contribution in [0.3, 0.4) is 0 Å². The summed E-state index contributed by atoms with van der Waals surface area (Å²) in [6.45, 7) is 4.95. The van der Waals surface area contributed by atoms with E-state index >= 15 is 0 Å². The van der Waals surface area contributed by atoms with Gasteiger partial charge in [0.2, 0.25) is 5.91 Å². The van der Waals surface area contributed by atoms with Crippen LogP contribution in [0, 0.1) is 5.92 Å². The number of carbonyl (C=O) groups is 2. The second kappa shape index (κ2) is 9.66. The molecule has 0 saturated carbocycles. The fourth-order valence-electron chi connectivity index (χ4n) is 3.05. The number of amides is 1. The molecule has 0 bridgehead atoms. The molecule has 174 valence electrons. The van der Waals surface area contributed by atoms with Crippen molar-refractivity contribution in [3.8, 4) is 0 Å². The fourth-order valence-corrected chi connectivity index (χ4v) is 3.22. The summed E-state index contributed by atoms with van der Waals surface area (Å²) in [4.78, 5) is 28.6. The van der Waals surface area contributed by atoms with Gasteiger partial charge in [-0.25, -0.2) is 4.79 Å². The molecular weight excluding hydrogens is 459 g/mol. The molecule has 1 aromatic heterocycles. The van der Waals surface area contributed by atoms with Crippen molar-refractivity contribution >= 4 is 51.4 Å². The van der Waals surface area contributed by atoms with E-state index in [-0.39, 0.29) is 29.2 Å². The number of halogens is 4. The number of fused-ring (bicyclic) bond motifs is 1.